The second-order valence-corrected chi connectivity index (χ2v) is 5.64. The Morgan fingerprint density at radius 3 is 2.79 bits per heavy atom. The summed E-state index contributed by atoms with van der Waals surface area (Å²) in [4.78, 5) is 1.42. The molecule has 1 saturated carbocycles. The number of hydrogen-bond donors (Lipinski definition) is 1. The third kappa shape index (κ3) is 1.71. The molecule has 0 spiro atoms. The third-order valence-corrected chi connectivity index (χ3v) is 5.03. The summed E-state index contributed by atoms with van der Waals surface area (Å²) in [7, 11) is 1.71. The topological polar surface area (TPSA) is 35.2 Å². The highest BCUT2D eigenvalue weighted by atomic mass is 79.9. The number of methoxy groups -OCH3 is 1. The maximum absolute atomic E-state index is 5.63. The van der Waals surface area contributed by atoms with Gasteiger partial charge in [0.2, 0.25) is 0 Å². The molecule has 0 unspecified atom stereocenters. The average molecular weight is 276 g/mol. The van der Waals surface area contributed by atoms with Gasteiger partial charge in [-0.05, 0) is 47.8 Å². The molecular weight excluding hydrogens is 262 g/mol. The fourth-order valence-electron chi connectivity index (χ4n) is 1.80. The summed E-state index contributed by atoms with van der Waals surface area (Å²) < 4.78 is 6.34. The minimum absolute atomic E-state index is 0.388. The number of ether oxygens (including phenoxy) is 1. The van der Waals surface area contributed by atoms with Gasteiger partial charge in [-0.15, -0.1) is 11.3 Å². The summed E-state index contributed by atoms with van der Waals surface area (Å²) in [6.07, 6.45) is 3.66. The van der Waals surface area contributed by atoms with Gasteiger partial charge in [0.1, 0.15) is 0 Å². The van der Waals surface area contributed by atoms with Crippen molar-refractivity contribution < 1.29 is 4.74 Å². The van der Waals surface area contributed by atoms with Crippen LogP contribution in [0, 0.1) is 0 Å². The lowest BCUT2D eigenvalue weighted by Crippen LogP contribution is -2.11. The van der Waals surface area contributed by atoms with Crippen molar-refractivity contribution in [2.24, 2.45) is 5.73 Å². The van der Waals surface area contributed by atoms with Crippen LogP contribution in [0.5, 0.6) is 5.06 Å². The van der Waals surface area contributed by atoms with E-state index in [0.29, 0.717) is 5.41 Å². The monoisotopic (exact) mass is 275 g/mol. The minimum Gasteiger partial charge on any atom is -0.486 e. The van der Waals surface area contributed by atoms with Crippen LogP contribution in [0.1, 0.15) is 24.1 Å². The van der Waals surface area contributed by atoms with Crippen molar-refractivity contribution in [3.8, 4) is 5.06 Å². The fourth-order valence-corrected chi connectivity index (χ4v) is 3.72. The molecule has 1 aliphatic carbocycles. The van der Waals surface area contributed by atoms with E-state index >= 15 is 0 Å². The molecule has 14 heavy (non-hydrogen) atoms. The largest absolute Gasteiger partial charge is 0.486 e. The predicted octanol–water partition coefficient (Wildman–Crippen LogP) is 2.90. The average Bonchev–Trinajstić information content (AvgIpc) is 2.84. The van der Waals surface area contributed by atoms with Crippen LogP contribution < -0.4 is 10.5 Å². The summed E-state index contributed by atoms with van der Waals surface area (Å²) in [5.41, 5.74) is 6.02. The molecule has 78 valence electrons. The molecule has 1 aliphatic rings. The van der Waals surface area contributed by atoms with E-state index in [1.165, 1.54) is 17.7 Å². The molecule has 0 aromatic carbocycles. The normalized spacial score (nSPS) is 18.2. The van der Waals surface area contributed by atoms with Gasteiger partial charge in [0, 0.05) is 10.3 Å². The van der Waals surface area contributed by atoms with Gasteiger partial charge in [-0.25, -0.2) is 0 Å². The number of nitrogens with two attached hydrogens (primary N) is 1. The Morgan fingerprint density at radius 2 is 2.36 bits per heavy atom. The van der Waals surface area contributed by atoms with Crippen LogP contribution in [-0.4, -0.2) is 13.7 Å². The smallest absolute Gasteiger partial charge is 0.188 e. The van der Waals surface area contributed by atoms with E-state index in [2.05, 4.69) is 22.0 Å². The van der Waals surface area contributed by atoms with Gasteiger partial charge >= 0.3 is 0 Å². The molecule has 2 N–H and O–H groups in total. The van der Waals surface area contributed by atoms with Crippen molar-refractivity contribution in [3.05, 3.63) is 15.4 Å². The zero-order valence-electron chi connectivity index (χ0n) is 8.18. The SMILES string of the molecule is COc1sc(C2(CCN)CC2)cc1Br. The van der Waals surface area contributed by atoms with Crippen molar-refractivity contribution in [1.82, 2.24) is 0 Å². The maximum Gasteiger partial charge on any atom is 0.188 e. The number of halogens is 1. The van der Waals surface area contributed by atoms with Crippen LogP contribution in [-0.2, 0) is 5.41 Å². The molecule has 2 nitrogen and oxygen atoms in total. The minimum atomic E-state index is 0.388. The molecule has 0 atom stereocenters. The van der Waals surface area contributed by atoms with Gasteiger partial charge < -0.3 is 10.5 Å². The third-order valence-electron chi connectivity index (χ3n) is 2.84. The van der Waals surface area contributed by atoms with Crippen LogP contribution in [0.4, 0.5) is 0 Å². The Balaban J connectivity index is 2.24. The van der Waals surface area contributed by atoms with Gasteiger partial charge in [0.15, 0.2) is 5.06 Å². The van der Waals surface area contributed by atoms with E-state index < -0.39 is 0 Å². The molecule has 0 aliphatic heterocycles. The molecule has 0 amide bonds. The van der Waals surface area contributed by atoms with Crippen LogP contribution >= 0.6 is 27.3 Å². The molecule has 0 bridgehead atoms. The molecule has 0 radical (unpaired) electrons. The molecule has 4 heteroatoms. The Kier molecular flexibility index (Phi) is 2.86. The van der Waals surface area contributed by atoms with E-state index in [0.717, 1.165) is 22.5 Å². The van der Waals surface area contributed by atoms with Gasteiger partial charge in [0.05, 0.1) is 11.6 Å². The van der Waals surface area contributed by atoms with Crippen LogP contribution in [0.3, 0.4) is 0 Å². The molecule has 2 rings (SSSR count). The zero-order valence-corrected chi connectivity index (χ0v) is 10.6. The van der Waals surface area contributed by atoms with Crippen molar-refractivity contribution in [1.29, 1.82) is 0 Å². The van der Waals surface area contributed by atoms with Crippen molar-refractivity contribution in [2.75, 3.05) is 13.7 Å². The van der Waals surface area contributed by atoms with Crippen molar-refractivity contribution in [3.63, 3.8) is 0 Å². The number of thiophene rings is 1. The van der Waals surface area contributed by atoms with E-state index in [4.69, 9.17) is 10.5 Å². The molecule has 0 saturated heterocycles. The Hall–Kier alpha value is -0.0600. The summed E-state index contributed by atoms with van der Waals surface area (Å²) in [6.45, 7) is 0.776. The standard InChI is InChI=1S/C10H14BrNOS/c1-13-9-7(11)6-8(14-9)10(2-3-10)4-5-12/h6H,2-5,12H2,1H3. The molecule has 1 aromatic rings. The molecule has 1 fully saturated rings. The summed E-state index contributed by atoms with van der Waals surface area (Å²) in [5.74, 6) is 0. The Bertz CT molecular complexity index is 333. The first-order chi connectivity index (χ1) is 6.72. The van der Waals surface area contributed by atoms with E-state index in [1.807, 2.05) is 0 Å². The lowest BCUT2D eigenvalue weighted by Gasteiger charge is -2.10. The number of rotatable bonds is 4. The number of hydrogen-bond acceptors (Lipinski definition) is 3. The fraction of sp³-hybridized carbons (Fsp3) is 0.600. The van der Waals surface area contributed by atoms with E-state index in [-0.39, 0.29) is 0 Å². The van der Waals surface area contributed by atoms with Crippen molar-refractivity contribution >= 4 is 27.3 Å². The lowest BCUT2D eigenvalue weighted by molar-refractivity contribution is 0.425. The van der Waals surface area contributed by atoms with Gasteiger partial charge in [-0.1, -0.05) is 0 Å². The van der Waals surface area contributed by atoms with Crippen LogP contribution in [0.2, 0.25) is 0 Å². The highest BCUT2D eigenvalue weighted by molar-refractivity contribution is 9.10. The summed E-state index contributed by atoms with van der Waals surface area (Å²) in [6, 6.07) is 2.19. The Morgan fingerprint density at radius 1 is 1.64 bits per heavy atom. The first-order valence-electron chi connectivity index (χ1n) is 4.76. The molecular formula is C10H14BrNOS. The second-order valence-electron chi connectivity index (χ2n) is 3.77. The van der Waals surface area contributed by atoms with Gasteiger partial charge in [0.25, 0.3) is 0 Å². The highest BCUT2D eigenvalue weighted by Crippen LogP contribution is 2.55. The van der Waals surface area contributed by atoms with Gasteiger partial charge in [-0.3, -0.25) is 0 Å². The first-order valence-corrected chi connectivity index (χ1v) is 6.37. The molecule has 1 heterocycles. The summed E-state index contributed by atoms with van der Waals surface area (Å²) in [5, 5.41) is 0.975. The molecule has 1 aromatic heterocycles. The maximum atomic E-state index is 5.63. The zero-order chi connectivity index (χ0) is 10.2. The lowest BCUT2D eigenvalue weighted by atomic mass is 10.0. The quantitative estimate of drug-likeness (QED) is 0.917. The predicted molar refractivity (Wildman–Crippen MR) is 63.2 cm³/mol. The summed E-state index contributed by atoms with van der Waals surface area (Å²) >= 11 is 5.25. The Labute approximate surface area is 96.6 Å². The first kappa shape index (κ1) is 10.5. The van der Waals surface area contributed by atoms with Crippen LogP contribution in [0.25, 0.3) is 0 Å². The van der Waals surface area contributed by atoms with Crippen LogP contribution in [0.15, 0.2) is 10.5 Å². The van der Waals surface area contributed by atoms with E-state index in [9.17, 15) is 0 Å². The highest BCUT2D eigenvalue weighted by Gasteiger charge is 2.44. The van der Waals surface area contributed by atoms with E-state index in [1.54, 1.807) is 18.4 Å². The van der Waals surface area contributed by atoms with Crippen molar-refractivity contribution in [2.45, 2.75) is 24.7 Å². The van der Waals surface area contributed by atoms with Gasteiger partial charge in [-0.2, -0.15) is 0 Å². The second kappa shape index (κ2) is 3.83.